The average Bonchev–Trinajstić information content (AvgIpc) is 3.04. The molecule has 3 aromatic rings. The van der Waals surface area contributed by atoms with Crippen molar-refractivity contribution >= 4 is 28.2 Å². The van der Waals surface area contributed by atoms with E-state index in [2.05, 4.69) is 25.3 Å². The molecule has 4 rings (SSSR count). The van der Waals surface area contributed by atoms with Crippen LogP contribution in [0.15, 0.2) is 24.5 Å². The summed E-state index contributed by atoms with van der Waals surface area (Å²) >= 11 is 6.18. The maximum atomic E-state index is 6.18. The third-order valence-corrected chi connectivity index (χ3v) is 3.87. The molecule has 0 fully saturated rings. The summed E-state index contributed by atoms with van der Waals surface area (Å²) in [5.74, 6) is 0. The highest BCUT2D eigenvalue weighted by molar-refractivity contribution is 6.31. The van der Waals surface area contributed by atoms with E-state index >= 15 is 0 Å². The molecule has 96 valence electrons. The average molecular weight is 274 g/mol. The molecule has 0 unspecified atom stereocenters. The molecule has 0 aliphatic carbocycles. The topological polar surface area (TPSA) is 60.6 Å². The smallest absolute Gasteiger partial charge is 0.0686 e. The molecule has 0 amide bonds. The van der Waals surface area contributed by atoms with E-state index in [9.17, 15) is 0 Å². The van der Waals surface area contributed by atoms with Gasteiger partial charge < -0.3 is 4.90 Å². The quantitative estimate of drug-likeness (QED) is 0.716. The summed E-state index contributed by atoms with van der Waals surface area (Å²) in [5, 5.41) is 16.1. The number of halogens is 1. The third-order valence-electron chi connectivity index (χ3n) is 3.65. The van der Waals surface area contributed by atoms with Crippen LogP contribution in [0, 0.1) is 0 Å². The van der Waals surface area contributed by atoms with Crippen LogP contribution in [0.5, 0.6) is 0 Å². The molecule has 3 heterocycles. The molecule has 0 atom stereocenters. The standard InChI is InChI=1S/C13H12ClN5/c14-9-3-11-10(6-16-17-11)13(4-9)19-2-1-8-5-15-18-12(8)7-19/h3-6H,1-2,7H2,(H,15,18)(H,16,17). The van der Waals surface area contributed by atoms with Crippen molar-refractivity contribution in [2.75, 3.05) is 11.4 Å². The number of hydrogen-bond acceptors (Lipinski definition) is 3. The van der Waals surface area contributed by atoms with E-state index in [1.54, 1.807) is 0 Å². The van der Waals surface area contributed by atoms with Gasteiger partial charge in [-0.1, -0.05) is 11.6 Å². The Balaban J connectivity index is 1.81. The first kappa shape index (κ1) is 10.9. The highest BCUT2D eigenvalue weighted by Crippen LogP contribution is 2.32. The summed E-state index contributed by atoms with van der Waals surface area (Å²) in [4.78, 5) is 2.31. The minimum absolute atomic E-state index is 0.724. The van der Waals surface area contributed by atoms with Crippen LogP contribution >= 0.6 is 11.6 Å². The first-order valence-corrected chi connectivity index (χ1v) is 6.58. The maximum Gasteiger partial charge on any atom is 0.0686 e. The molecule has 19 heavy (non-hydrogen) atoms. The van der Waals surface area contributed by atoms with Crippen molar-refractivity contribution in [2.24, 2.45) is 0 Å². The van der Waals surface area contributed by atoms with Gasteiger partial charge in [-0.05, 0) is 24.1 Å². The fraction of sp³-hybridized carbons (Fsp3) is 0.231. The lowest BCUT2D eigenvalue weighted by molar-refractivity contribution is 0.720. The highest BCUT2D eigenvalue weighted by atomic mass is 35.5. The molecule has 0 radical (unpaired) electrons. The second-order valence-electron chi connectivity index (χ2n) is 4.80. The molecule has 6 heteroatoms. The Hall–Kier alpha value is -2.01. The van der Waals surface area contributed by atoms with E-state index in [1.807, 2.05) is 24.5 Å². The van der Waals surface area contributed by atoms with Crippen LogP contribution < -0.4 is 4.90 Å². The van der Waals surface area contributed by atoms with Crippen LogP contribution in [0.1, 0.15) is 11.3 Å². The first-order valence-electron chi connectivity index (χ1n) is 6.20. The molecule has 1 aromatic carbocycles. The van der Waals surface area contributed by atoms with E-state index < -0.39 is 0 Å². The molecule has 2 aromatic heterocycles. The Labute approximate surface area is 114 Å². The number of benzene rings is 1. The van der Waals surface area contributed by atoms with E-state index in [-0.39, 0.29) is 0 Å². The van der Waals surface area contributed by atoms with Crippen molar-refractivity contribution in [3.63, 3.8) is 0 Å². The van der Waals surface area contributed by atoms with Gasteiger partial charge in [0, 0.05) is 22.6 Å². The van der Waals surface area contributed by atoms with Gasteiger partial charge in [0.05, 0.1) is 30.1 Å². The van der Waals surface area contributed by atoms with Crippen molar-refractivity contribution in [1.29, 1.82) is 0 Å². The van der Waals surface area contributed by atoms with Crippen LogP contribution in [0.3, 0.4) is 0 Å². The Morgan fingerprint density at radius 2 is 2.05 bits per heavy atom. The van der Waals surface area contributed by atoms with E-state index in [1.165, 1.54) is 11.3 Å². The summed E-state index contributed by atoms with van der Waals surface area (Å²) in [6.07, 6.45) is 4.76. The highest BCUT2D eigenvalue weighted by Gasteiger charge is 2.20. The fourth-order valence-electron chi connectivity index (χ4n) is 2.68. The molecule has 5 nitrogen and oxygen atoms in total. The van der Waals surface area contributed by atoms with Crippen LogP contribution in [-0.2, 0) is 13.0 Å². The van der Waals surface area contributed by atoms with Gasteiger partial charge in [0.1, 0.15) is 0 Å². The lowest BCUT2D eigenvalue weighted by atomic mass is 10.1. The molecule has 1 aliphatic rings. The molecule has 0 bridgehead atoms. The lowest BCUT2D eigenvalue weighted by Gasteiger charge is -2.29. The molecule has 0 saturated carbocycles. The summed E-state index contributed by atoms with van der Waals surface area (Å²) in [7, 11) is 0. The molecular weight excluding hydrogens is 262 g/mol. The fourth-order valence-corrected chi connectivity index (χ4v) is 2.89. The summed E-state index contributed by atoms with van der Waals surface area (Å²) < 4.78 is 0. The first-order chi connectivity index (χ1) is 9.31. The largest absolute Gasteiger partial charge is 0.365 e. The van der Waals surface area contributed by atoms with Crippen LogP contribution in [0.2, 0.25) is 5.02 Å². The predicted octanol–water partition coefficient (Wildman–Crippen LogP) is 2.50. The lowest BCUT2D eigenvalue weighted by Crippen LogP contribution is -2.30. The van der Waals surface area contributed by atoms with Crippen molar-refractivity contribution in [2.45, 2.75) is 13.0 Å². The Morgan fingerprint density at radius 3 is 3.00 bits per heavy atom. The van der Waals surface area contributed by atoms with Gasteiger partial charge in [-0.15, -0.1) is 0 Å². The van der Waals surface area contributed by atoms with Gasteiger partial charge in [-0.3, -0.25) is 10.2 Å². The van der Waals surface area contributed by atoms with Gasteiger partial charge in [-0.2, -0.15) is 10.2 Å². The number of nitrogens with zero attached hydrogens (tertiary/aromatic N) is 3. The van der Waals surface area contributed by atoms with E-state index in [0.29, 0.717) is 0 Å². The van der Waals surface area contributed by atoms with Gasteiger partial charge in [0.25, 0.3) is 0 Å². The van der Waals surface area contributed by atoms with Crippen LogP contribution in [0.25, 0.3) is 10.9 Å². The predicted molar refractivity (Wildman–Crippen MR) is 74.4 cm³/mol. The van der Waals surface area contributed by atoms with Gasteiger partial charge in [0.15, 0.2) is 0 Å². The second-order valence-corrected chi connectivity index (χ2v) is 5.24. The number of hydrogen-bond donors (Lipinski definition) is 2. The van der Waals surface area contributed by atoms with Gasteiger partial charge >= 0.3 is 0 Å². The summed E-state index contributed by atoms with van der Waals surface area (Å²) in [6, 6.07) is 3.90. The van der Waals surface area contributed by atoms with Crippen molar-refractivity contribution in [3.05, 3.63) is 40.8 Å². The summed E-state index contributed by atoms with van der Waals surface area (Å²) in [5.41, 5.74) is 4.58. The monoisotopic (exact) mass is 273 g/mol. The van der Waals surface area contributed by atoms with Crippen molar-refractivity contribution in [3.8, 4) is 0 Å². The SMILES string of the molecule is Clc1cc(N2CCc3cn[nH]c3C2)c2cn[nH]c2c1. The molecule has 0 saturated heterocycles. The number of aromatic amines is 2. The number of H-pyrrole nitrogens is 2. The van der Waals surface area contributed by atoms with E-state index in [0.717, 1.165) is 41.1 Å². The number of rotatable bonds is 1. The number of anilines is 1. The minimum Gasteiger partial charge on any atom is -0.365 e. The summed E-state index contributed by atoms with van der Waals surface area (Å²) in [6.45, 7) is 1.79. The molecule has 2 N–H and O–H groups in total. The van der Waals surface area contributed by atoms with Crippen LogP contribution in [-0.4, -0.2) is 26.9 Å². The zero-order valence-corrected chi connectivity index (χ0v) is 10.9. The molecule has 0 spiro atoms. The zero-order chi connectivity index (χ0) is 12.8. The number of fused-ring (bicyclic) bond motifs is 2. The Kier molecular flexibility index (Phi) is 2.29. The minimum atomic E-state index is 0.724. The Bertz CT molecular complexity index is 744. The third kappa shape index (κ3) is 1.69. The van der Waals surface area contributed by atoms with Gasteiger partial charge in [0.2, 0.25) is 0 Å². The number of nitrogens with one attached hydrogen (secondary N) is 2. The second kappa shape index (κ2) is 3.99. The Morgan fingerprint density at radius 1 is 1.16 bits per heavy atom. The molecular formula is C13H12ClN5. The number of aromatic nitrogens is 4. The maximum absolute atomic E-state index is 6.18. The van der Waals surface area contributed by atoms with Crippen molar-refractivity contribution in [1.82, 2.24) is 20.4 Å². The zero-order valence-electron chi connectivity index (χ0n) is 10.2. The van der Waals surface area contributed by atoms with E-state index in [4.69, 9.17) is 11.6 Å². The van der Waals surface area contributed by atoms with Crippen molar-refractivity contribution < 1.29 is 0 Å². The normalized spacial score (nSPS) is 14.9. The molecule has 1 aliphatic heterocycles. The van der Waals surface area contributed by atoms with Gasteiger partial charge in [-0.25, -0.2) is 0 Å². The van der Waals surface area contributed by atoms with Crippen LogP contribution in [0.4, 0.5) is 5.69 Å².